The van der Waals surface area contributed by atoms with E-state index in [-0.39, 0.29) is 18.0 Å². The molecule has 7 heteroatoms. The largest absolute Gasteiger partial charge is 0.496 e. The average molecular weight is 403 g/mol. The number of benzene rings is 2. The van der Waals surface area contributed by atoms with Crippen molar-refractivity contribution in [2.24, 2.45) is 0 Å². The SMILES string of the molecule is COc1cc(OC)c(OC)cc1CN1C[C@@H]2C[C@H]1C(=O)N2c1ccccc1Cl. The summed E-state index contributed by atoms with van der Waals surface area (Å²) in [6.07, 6.45) is 0.805. The normalized spacial score (nSPS) is 21.3. The van der Waals surface area contributed by atoms with E-state index in [2.05, 4.69) is 4.90 Å². The number of likely N-dealkylation sites (tertiary alicyclic amines) is 1. The van der Waals surface area contributed by atoms with Gasteiger partial charge in [0.1, 0.15) is 5.75 Å². The van der Waals surface area contributed by atoms with Crippen molar-refractivity contribution in [3.05, 3.63) is 47.0 Å². The van der Waals surface area contributed by atoms with Gasteiger partial charge in [-0.3, -0.25) is 9.69 Å². The second kappa shape index (κ2) is 7.53. The van der Waals surface area contributed by atoms with Gasteiger partial charge in [-0.15, -0.1) is 0 Å². The number of ether oxygens (including phenoxy) is 3. The number of hydrogen-bond donors (Lipinski definition) is 0. The Hall–Kier alpha value is -2.44. The van der Waals surface area contributed by atoms with Crippen molar-refractivity contribution < 1.29 is 19.0 Å². The highest BCUT2D eigenvalue weighted by molar-refractivity contribution is 6.34. The smallest absolute Gasteiger partial charge is 0.244 e. The molecule has 2 aromatic rings. The lowest BCUT2D eigenvalue weighted by atomic mass is 10.1. The summed E-state index contributed by atoms with van der Waals surface area (Å²) in [4.78, 5) is 17.1. The second-order valence-corrected chi connectivity index (χ2v) is 7.42. The van der Waals surface area contributed by atoms with E-state index in [1.165, 1.54) is 0 Å². The molecule has 0 unspecified atom stereocenters. The quantitative estimate of drug-likeness (QED) is 0.741. The predicted octanol–water partition coefficient (Wildman–Crippen LogP) is 3.36. The number of carbonyl (C=O) groups excluding carboxylic acids is 1. The Bertz CT molecular complexity index is 904. The van der Waals surface area contributed by atoms with Gasteiger partial charge >= 0.3 is 0 Å². The molecule has 0 spiro atoms. The molecule has 2 aromatic carbocycles. The molecule has 0 aliphatic carbocycles. The van der Waals surface area contributed by atoms with Crippen molar-refractivity contribution in [3.63, 3.8) is 0 Å². The first-order valence-corrected chi connectivity index (χ1v) is 9.55. The first kappa shape index (κ1) is 18.9. The Morgan fingerprint density at radius 1 is 1.04 bits per heavy atom. The highest BCUT2D eigenvalue weighted by atomic mass is 35.5. The van der Waals surface area contributed by atoms with Gasteiger partial charge in [-0.25, -0.2) is 0 Å². The molecule has 0 N–H and O–H groups in total. The van der Waals surface area contributed by atoms with Crippen LogP contribution in [0.5, 0.6) is 17.2 Å². The van der Waals surface area contributed by atoms with Crippen molar-refractivity contribution in [2.45, 2.75) is 25.0 Å². The first-order valence-electron chi connectivity index (χ1n) is 9.18. The molecule has 0 radical (unpaired) electrons. The predicted molar refractivity (Wildman–Crippen MR) is 108 cm³/mol. The number of rotatable bonds is 6. The van der Waals surface area contributed by atoms with Gasteiger partial charge in [-0.2, -0.15) is 0 Å². The number of hydrogen-bond acceptors (Lipinski definition) is 5. The van der Waals surface area contributed by atoms with Crippen LogP contribution < -0.4 is 19.1 Å². The zero-order chi connectivity index (χ0) is 19.8. The number of amides is 1. The zero-order valence-corrected chi connectivity index (χ0v) is 16.9. The van der Waals surface area contributed by atoms with Gasteiger partial charge < -0.3 is 19.1 Å². The molecule has 4 rings (SSSR count). The van der Waals surface area contributed by atoms with Gasteiger partial charge in [-0.05, 0) is 24.6 Å². The summed E-state index contributed by atoms with van der Waals surface area (Å²) < 4.78 is 16.3. The summed E-state index contributed by atoms with van der Waals surface area (Å²) in [6.45, 7) is 1.39. The van der Waals surface area contributed by atoms with E-state index in [4.69, 9.17) is 25.8 Å². The molecular formula is C21H23ClN2O4. The van der Waals surface area contributed by atoms with Gasteiger partial charge in [-0.1, -0.05) is 23.7 Å². The van der Waals surface area contributed by atoms with Crippen molar-refractivity contribution in [3.8, 4) is 17.2 Å². The van der Waals surface area contributed by atoms with E-state index >= 15 is 0 Å². The maximum absolute atomic E-state index is 13.0. The Kier molecular flexibility index (Phi) is 5.08. The number of fused-ring (bicyclic) bond motifs is 2. The van der Waals surface area contributed by atoms with Gasteiger partial charge in [0.15, 0.2) is 11.5 Å². The summed E-state index contributed by atoms with van der Waals surface area (Å²) in [5, 5.41) is 0.608. The highest BCUT2D eigenvalue weighted by Crippen LogP contribution is 2.41. The maximum atomic E-state index is 13.0. The lowest BCUT2D eigenvalue weighted by Gasteiger charge is -2.34. The number of carbonyl (C=O) groups is 1. The van der Waals surface area contributed by atoms with Gasteiger partial charge in [0.2, 0.25) is 5.91 Å². The second-order valence-electron chi connectivity index (χ2n) is 7.01. The van der Waals surface area contributed by atoms with Crippen molar-refractivity contribution >= 4 is 23.2 Å². The lowest BCUT2D eigenvalue weighted by molar-refractivity contribution is -0.122. The number of anilines is 1. The fraction of sp³-hybridized carbons (Fsp3) is 0.381. The Morgan fingerprint density at radius 3 is 2.36 bits per heavy atom. The summed E-state index contributed by atoms with van der Waals surface area (Å²) in [5.74, 6) is 2.08. The maximum Gasteiger partial charge on any atom is 0.244 e. The zero-order valence-electron chi connectivity index (χ0n) is 16.1. The molecule has 2 aliphatic heterocycles. The number of para-hydroxylation sites is 1. The lowest BCUT2D eigenvalue weighted by Crippen LogP contribution is -2.50. The highest BCUT2D eigenvalue weighted by Gasteiger charge is 2.50. The van der Waals surface area contributed by atoms with Crippen LogP contribution in [0.4, 0.5) is 5.69 Å². The molecule has 2 atom stereocenters. The molecule has 1 amide bonds. The number of piperazine rings is 1. The van der Waals surface area contributed by atoms with Gasteiger partial charge in [0, 0.05) is 24.7 Å². The van der Waals surface area contributed by atoms with Crippen LogP contribution in [0.3, 0.4) is 0 Å². The van der Waals surface area contributed by atoms with Crippen LogP contribution >= 0.6 is 11.6 Å². The van der Waals surface area contributed by atoms with E-state index in [1.54, 1.807) is 21.3 Å². The van der Waals surface area contributed by atoms with Crippen LogP contribution in [-0.2, 0) is 11.3 Å². The monoisotopic (exact) mass is 402 g/mol. The van der Waals surface area contributed by atoms with Crippen molar-refractivity contribution in [2.75, 3.05) is 32.8 Å². The summed E-state index contributed by atoms with van der Waals surface area (Å²) in [6, 6.07) is 11.2. The fourth-order valence-electron chi connectivity index (χ4n) is 4.24. The van der Waals surface area contributed by atoms with E-state index in [9.17, 15) is 4.79 Å². The minimum absolute atomic E-state index is 0.101. The Morgan fingerprint density at radius 2 is 1.71 bits per heavy atom. The molecule has 2 saturated heterocycles. The molecule has 28 heavy (non-hydrogen) atoms. The molecule has 2 bridgehead atoms. The van der Waals surface area contributed by atoms with E-state index in [0.29, 0.717) is 23.1 Å². The third-order valence-electron chi connectivity index (χ3n) is 5.54. The fourth-order valence-corrected chi connectivity index (χ4v) is 4.46. The molecule has 6 nitrogen and oxygen atoms in total. The standard InChI is InChI=1S/C21H23ClN2O4/c1-26-18-10-20(28-3)19(27-2)8-13(18)11-23-12-14-9-17(23)21(25)24(14)16-7-5-4-6-15(16)22/h4-8,10,14,17H,9,11-12H2,1-3H3/t14-,17-/m0/s1. The van der Waals surface area contributed by atoms with E-state index in [0.717, 1.165) is 30.0 Å². The molecule has 2 aliphatic rings. The molecule has 148 valence electrons. The van der Waals surface area contributed by atoms with Crippen LogP contribution in [0.1, 0.15) is 12.0 Å². The van der Waals surface area contributed by atoms with Crippen molar-refractivity contribution in [1.82, 2.24) is 4.90 Å². The van der Waals surface area contributed by atoms with Crippen LogP contribution in [0.25, 0.3) is 0 Å². The third kappa shape index (κ3) is 3.06. The van der Waals surface area contributed by atoms with Crippen LogP contribution in [0, 0.1) is 0 Å². The minimum Gasteiger partial charge on any atom is -0.496 e. The average Bonchev–Trinajstić information content (AvgIpc) is 3.25. The summed E-state index contributed by atoms with van der Waals surface area (Å²) >= 11 is 6.32. The van der Waals surface area contributed by atoms with Crippen LogP contribution in [0.2, 0.25) is 5.02 Å². The molecule has 0 saturated carbocycles. The minimum atomic E-state index is -0.154. The topological polar surface area (TPSA) is 51.2 Å². The Balaban J connectivity index is 1.57. The molecular weight excluding hydrogens is 380 g/mol. The van der Waals surface area contributed by atoms with E-state index in [1.807, 2.05) is 41.3 Å². The van der Waals surface area contributed by atoms with Crippen LogP contribution in [-0.4, -0.2) is 50.8 Å². The number of halogens is 1. The summed E-state index contributed by atoms with van der Waals surface area (Å²) in [5.41, 5.74) is 1.76. The van der Waals surface area contributed by atoms with Gasteiger partial charge in [0.05, 0.1) is 44.1 Å². The molecule has 2 heterocycles. The van der Waals surface area contributed by atoms with Gasteiger partial charge in [0.25, 0.3) is 0 Å². The Labute approximate surface area is 169 Å². The molecule has 0 aromatic heterocycles. The van der Waals surface area contributed by atoms with E-state index < -0.39 is 0 Å². The van der Waals surface area contributed by atoms with Crippen LogP contribution in [0.15, 0.2) is 36.4 Å². The van der Waals surface area contributed by atoms with Crippen molar-refractivity contribution in [1.29, 1.82) is 0 Å². The molecule has 2 fully saturated rings. The third-order valence-corrected chi connectivity index (χ3v) is 5.86. The first-order chi connectivity index (χ1) is 13.6. The number of nitrogens with zero attached hydrogens (tertiary/aromatic N) is 2. The summed E-state index contributed by atoms with van der Waals surface area (Å²) in [7, 11) is 4.83. The number of methoxy groups -OCH3 is 3.